The van der Waals surface area contributed by atoms with Crippen LogP contribution < -0.4 is 10.5 Å². The smallest absolute Gasteiger partial charge is 0.263 e. The molecule has 1 atom stereocenters. The minimum atomic E-state index is -0.373. The van der Waals surface area contributed by atoms with E-state index in [9.17, 15) is 9.59 Å². The van der Waals surface area contributed by atoms with Gasteiger partial charge in [0.15, 0.2) is 5.16 Å². The zero-order chi connectivity index (χ0) is 20.6. The Morgan fingerprint density at radius 3 is 2.43 bits per heavy atom. The highest BCUT2D eigenvalue weighted by Gasteiger charge is 2.24. The van der Waals surface area contributed by atoms with Crippen LogP contribution in [0.25, 0.3) is 10.2 Å². The van der Waals surface area contributed by atoms with Crippen LogP contribution in [0.5, 0.6) is 0 Å². The lowest BCUT2D eigenvalue weighted by molar-refractivity contribution is -0.117. The Morgan fingerprint density at radius 2 is 1.82 bits per heavy atom. The fraction of sp³-hybridized carbons (Fsp3) is 0.381. The summed E-state index contributed by atoms with van der Waals surface area (Å²) in [5, 5.41) is 0.915. The molecule has 1 aromatic carbocycles. The Hall–Kier alpha value is -2.12. The van der Waals surface area contributed by atoms with E-state index in [1.165, 1.54) is 23.1 Å². The molecule has 0 fully saturated rings. The predicted octanol–water partition coefficient (Wildman–Crippen LogP) is 4.80. The number of carbonyl (C=O) groups excluding carboxylic acids is 1. The van der Waals surface area contributed by atoms with Crippen molar-refractivity contribution in [3.8, 4) is 0 Å². The summed E-state index contributed by atoms with van der Waals surface area (Å²) >= 11 is 2.87. The number of para-hydroxylation sites is 1. The van der Waals surface area contributed by atoms with Gasteiger partial charge in [0, 0.05) is 23.7 Å². The van der Waals surface area contributed by atoms with Crippen molar-refractivity contribution in [3.63, 3.8) is 0 Å². The second kappa shape index (κ2) is 8.09. The van der Waals surface area contributed by atoms with Crippen LogP contribution >= 0.6 is 23.1 Å². The number of rotatable bonds is 5. The van der Waals surface area contributed by atoms with E-state index in [-0.39, 0.29) is 22.8 Å². The van der Waals surface area contributed by atoms with Crippen molar-refractivity contribution in [2.45, 2.75) is 51.1 Å². The molecule has 3 rings (SSSR count). The molecule has 7 heteroatoms. The molecule has 0 N–H and O–H groups in total. The standard InChI is InChI=1S/C21H25N3O2S2/c1-12(2)24-20(26)17-13(3)14(4)27-18(17)22-21(24)28-15(5)19(25)23(6)16-10-8-7-9-11-16/h7-12,15H,1-6H3/t15-/m1/s1. The Kier molecular flexibility index (Phi) is 5.95. The average Bonchev–Trinajstić information content (AvgIpc) is 2.94. The van der Waals surface area contributed by atoms with Crippen molar-refractivity contribution in [1.82, 2.24) is 9.55 Å². The van der Waals surface area contributed by atoms with Crippen LogP contribution in [0.4, 0.5) is 5.69 Å². The highest BCUT2D eigenvalue weighted by Crippen LogP contribution is 2.31. The van der Waals surface area contributed by atoms with E-state index in [0.717, 1.165) is 21.0 Å². The molecule has 0 radical (unpaired) electrons. The highest BCUT2D eigenvalue weighted by atomic mass is 32.2. The monoisotopic (exact) mass is 415 g/mol. The number of nitrogens with zero attached hydrogens (tertiary/aromatic N) is 3. The van der Waals surface area contributed by atoms with Gasteiger partial charge in [-0.05, 0) is 52.3 Å². The molecular formula is C21H25N3O2S2. The van der Waals surface area contributed by atoms with Gasteiger partial charge >= 0.3 is 0 Å². The second-order valence-corrected chi connectivity index (χ2v) is 9.63. The van der Waals surface area contributed by atoms with Gasteiger partial charge in [0.25, 0.3) is 5.56 Å². The summed E-state index contributed by atoms with van der Waals surface area (Å²) in [7, 11) is 1.77. The highest BCUT2D eigenvalue weighted by molar-refractivity contribution is 8.00. The molecule has 0 aliphatic carbocycles. The molecule has 0 spiro atoms. The lowest BCUT2D eigenvalue weighted by Crippen LogP contribution is -2.34. The maximum atomic E-state index is 13.2. The zero-order valence-corrected chi connectivity index (χ0v) is 18.6. The maximum Gasteiger partial charge on any atom is 0.263 e. The molecule has 1 amide bonds. The number of amides is 1. The molecule has 0 bridgehead atoms. The number of aryl methyl sites for hydroxylation is 2. The third kappa shape index (κ3) is 3.73. The van der Waals surface area contributed by atoms with Crippen LogP contribution in [0.2, 0.25) is 0 Å². The molecule has 0 unspecified atom stereocenters. The van der Waals surface area contributed by atoms with E-state index in [4.69, 9.17) is 4.98 Å². The summed E-state index contributed by atoms with van der Waals surface area (Å²) in [5.74, 6) is -0.0283. The zero-order valence-electron chi connectivity index (χ0n) is 17.0. The Balaban J connectivity index is 1.98. The first-order valence-corrected chi connectivity index (χ1v) is 10.9. The van der Waals surface area contributed by atoms with Crippen molar-refractivity contribution >= 4 is 44.9 Å². The van der Waals surface area contributed by atoms with Gasteiger partial charge < -0.3 is 4.90 Å². The van der Waals surface area contributed by atoms with Crippen molar-refractivity contribution < 1.29 is 4.79 Å². The largest absolute Gasteiger partial charge is 0.315 e. The lowest BCUT2D eigenvalue weighted by atomic mass is 10.2. The van der Waals surface area contributed by atoms with Crippen LogP contribution in [-0.4, -0.2) is 27.8 Å². The van der Waals surface area contributed by atoms with E-state index in [2.05, 4.69) is 0 Å². The normalized spacial score (nSPS) is 12.5. The third-order valence-corrected chi connectivity index (χ3v) is 6.98. The van der Waals surface area contributed by atoms with Crippen LogP contribution in [0.3, 0.4) is 0 Å². The van der Waals surface area contributed by atoms with Gasteiger partial charge in [-0.25, -0.2) is 4.98 Å². The van der Waals surface area contributed by atoms with Crippen LogP contribution in [-0.2, 0) is 4.79 Å². The van der Waals surface area contributed by atoms with Gasteiger partial charge in [0.2, 0.25) is 5.91 Å². The van der Waals surface area contributed by atoms with Crippen molar-refractivity contribution in [3.05, 3.63) is 51.1 Å². The molecule has 148 valence electrons. The summed E-state index contributed by atoms with van der Waals surface area (Å²) in [6.45, 7) is 9.77. The van der Waals surface area contributed by atoms with Gasteiger partial charge in [-0.3, -0.25) is 14.2 Å². The second-order valence-electron chi connectivity index (χ2n) is 7.12. The number of anilines is 1. The number of hydrogen-bond donors (Lipinski definition) is 0. The van der Waals surface area contributed by atoms with E-state index < -0.39 is 0 Å². The van der Waals surface area contributed by atoms with Crippen molar-refractivity contribution in [2.24, 2.45) is 0 Å². The average molecular weight is 416 g/mol. The van der Waals surface area contributed by atoms with Gasteiger partial charge in [-0.2, -0.15) is 0 Å². The summed E-state index contributed by atoms with van der Waals surface area (Å²) in [5.41, 5.74) is 1.81. The van der Waals surface area contributed by atoms with Crippen LogP contribution in [0.1, 0.15) is 37.3 Å². The van der Waals surface area contributed by atoms with Crippen molar-refractivity contribution in [2.75, 3.05) is 11.9 Å². The van der Waals surface area contributed by atoms with Crippen LogP contribution in [0.15, 0.2) is 40.3 Å². The number of thiophene rings is 1. The molecular weight excluding hydrogens is 390 g/mol. The lowest BCUT2D eigenvalue weighted by Gasteiger charge is -2.22. The Morgan fingerprint density at radius 1 is 1.18 bits per heavy atom. The van der Waals surface area contributed by atoms with Crippen LogP contribution in [0, 0.1) is 13.8 Å². The first kappa shape index (κ1) is 20.6. The molecule has 2 heterocycles. The van der Waals surface area contributed by atoms with Gasteiger partial charge in [0.1, 0.15) is 4.83 Å². The minimum Gasteiger partial charge on any atom is -0.315 e. The fourth-order valence-corrected chi connectivity index (χ4v) is 5.29. The third-order valence-electron chi connectivity index (χ3n) is 4.82. The summed E-state index contributed by atoms with van der Waals surface area (Å²) in [6.07, 6.45) is 0. The van der Waals surface area contributed by atoms with Crippen molar-refractivity contribution in [1.29, 1.82) is 0 Å². The molecule has 3 aromatic rings. The van der Waals surface area contributed by atoms with Gasteiger partial charge in [-0.1, -0.05) is 30.0 Å². The van der Waals surface area contributed by atoms with E-state index in [1.54, 1.807) is 16.5 Å². The molecule has 2 aromatic heterocycles. The molecule has 0 saturated heterocycles. The minimum absolute atomic E-state index is 0.0274. The molecule has 0 aliphatic rings. The first-order valence-electron chi connectivity index (χ1n) is 9.23. The Labute approximate surface area is 173 Å². The first-order chi connectivity index (χ1) is 13.2. The summed E-state index contributed by atoms with van der Waals surface area (Å²) < 4.78 is 1.71. The van der Waals surface area contributed by atoms with E-state index in [0.29, 0.717) is 10.5 Å². The quantitative estimate of drug-likeness (QED) is 0.444. The van der Waals surface area contributed by atoms with E-state index >= 15 is 0 Å². The maximum absolute atomic E-state index is 13.2. The topological polar surface area (TPSA) is 55.2 Å². The number of thioether (sulfide) groups is 1. The number of fused-ring (bicyclic) bond motifs is 1. The summed E-state index contributed by atoms with van der Waals surface area (Å²) in [4.78, 5) is 34.3. The molecule has 28 heavy (non-hydrogen) atoms. The SMILES string of the molecule is Cc1sc2nc(S[C@H](C)C(=O)N(C)c3ccccc3)n(C(C)C)c(=O)c2c1C. The fourth-order valence-electron chi connectivity index (χ4n) is 3.09. The number of aromatic nitrogens is 2. The van der Waals surface area contributed by atoms with E-state index in [1.807, 2.05) is 65.0 Å². The number of carbonyl (C=O) groups is 1. The molecule has 0 saturated carbocycles. The molecule has 0 aliphatic heterocycles. The molecule has 5 nitrogen and oxygen atoms in total. The Bertz CT molecular complexity index is 1070. The number of hydrogen-bond acceptors (Lipinski definition) is 5. The summed E-state index contributed by atoms with van der Waals surface area (Å²) in [6, 6.07) is 9.50. The number of benzene rings is 1. The van der Waals surface area contributed by atoms with Gasteiger partial charge in [0.05, 0.1) is 10.6 Å². The van der Waals surface area contributed by atoms with Gasteiger partial charge in [-0.15, -0.1) is 11.3 Å². The predicted molar refractivity (Wildman–Crippen MR) is 119 cm³/mol.